The average molecular weight is 333 g/mol. The maximum atomic E-state index is 10.5. The van der Waals surface area contributed by atoms with E-state index in [1.165, 1.54) is 11.8 Å². The zero-order chi connectivity index (χ0) is 15.7. The first kappa shape index (κ1) is 18.3. The Bertz CT molecular complexity index is 427. The smallest absolute Gasteiger partial charge is 0.228 e. The molecule has 0 spiro atoms. The number of thioether (sulfide) groups is 2. The molecule has 0 aliphatic carbocycles. The van der Waals surface area contributed by atoms with Gasteiger partial charge in [0.15, 0.2) is 0 Å². The van der Waals surface area contributed by atoms with Gasteiger partial charge in [0.25, 0.3) is 0 Å². The van der Waals surface area contributed by atoms with Gasteiger partial charge in [-0.05, 0) is 32.5 Å². The summed E-state index contributed by atoms with van der Waals surface area (Å²) < 4.78 is 5.72. The van der Waals surface area contributed by atoms with E-state index in [0.717, 1.165) is 36.1 Å². The molecule has 0 bridgehead atoms. The Balaban J connectivity index is 2.16. The van der Waals surface area contributed by atoms with Crippen molar-refractivity contribution in [3.8, 4) is 0 Å². The first-order valence-corrected chi connectivity index (χ1v) is 9.13. The molecule has 1 atom stereocenters. The SMILES string of the molecule is CSC(C[N+](=O)[O-])NCCSCc1ccc(CN(C)C)o1. The summed E-state index contributed by atoms with van der Waals surface area (Å²) in [6, 6.07) is 4.02. The van der Waals surface area contributed by atoms with Gasteiger partial charge >= 0.3 is 0 Å². The first-order valence-electron chi connectivity index (χ1n) is 6.69. The van der Waals surface area contributed by atoms with Crippen molar-refractivity contribution in [2.45, 2.75) is 17.7 Å². The molecule has 120 valence electrons. The minimum atomic E-state index is -0.281. The zero-order valence-corrected chi connectivity index (χ0v) is 14.3. The number of nitrogens with one attached hydrogen (secondary N) is 1. The van der Waals surface area contributed by atoms with Gasteiger partial charge in [-0.15, -0.1) is 11.8 Å². The van der Waals surface area contributed by atoms with Crippen LogP contribution in [0, 0.1) is 10.1 Å². The molecular formula is C13H23N3O3S2. The highest BCUT2D eigenvalue weighted by molar-refractivity contribution is 7.99. The van der Waals surface area contributed by atoms with Crippen LogP contribution in [0.15, 0.2) is 16.5 Å². The molecule has 0 saturated heterocycles. The molecule has 0 fully saturated rings. The lowest BCUT2D eigenvalue weighted by atomic mass is 10.4. The predicted octanol–water partition coefficient (Wildman–Crippen LogP) is 2.13. The van der Waals surface area contributed by atoms with E-state index >= 15 is 0 Å². The maximum absolute atomic E-state index is 10.5. The minimum absolute atomic E-state index is 0.0437. The van der Waals surface area contributed by atoms with Gasteiger partial charge in [0, 0.05) is 17.2 Å². The Morgan fingerprint density at radius 2 is 2.14 bits per heavy atom. The van der Waals surface area contributed by atoms with Crippen molar-refractivity contribution < 1.29 is 9.34 Å². The van der Waals surface area contributed by atoms with Crippen LogP contribution in [-0.4, -0.2) is 54.4 Å². The van der Waals surface area contributed by atoms with Gasteiger partial charge in [-0.1, -0.05) is 0 Å². The van der Waals surface area contributed by atoms with Gasteiger partial charge in [-0.2, -0.15) is 11.8 Å². The second kappa shape index (κ2) is 10.1. The fourth-order valence-corrected chi connectivity index (χ4v) is 3.04. The molecule has 1 rings (SSSR count). The van der Waals surface area contributed by atoms with Gasteiger partial charge < -0.3 is 9.32 Å². The van der Waals surface area contributed by atoms with Crippen LogP contribution in [0.2, 0.25) is 0 Å². The highest BCUT2D eigenvalue weighted by Crippen LogP contribution is 2.16. The van der Waals surface area contributed by atoms with Crippen molar-refractivity contribution in [3.05, 3.63) is 33.8 Å². The van der Waals surface area contributed by atoms with E-state index in [0.29, 0.717) is 0 Å². The molecular weight excluding hydrogens is 310 g/mol. The maximum Gasteiger partial charge on any atom is 0.228 e. The number of nitrogens with zero attached hydrogens (tertiary/aromatic N) is 2. The minimum Gasteiger partial charge on any atom is -0.464 e. The van der Waals surface area contributed by atoms with Crippen molar-refractivity contribution in [3.63, 3.8) is 0 Å². The third kappa shape index (κ3) is 8.35. The van der Waals surface area contributed by atoms with Gasteiger partial charge in [0.2, 0.25) is 6.54 Å². The Morgan fingerprint density at radius 3 is 2.76 bits per heavy atom. The molecule has 0 aliphatic rings. The van der Waals surface area contributed by atoms with Crippen molar-refractivity contribution in [1.82, 2.24) is 10.2 Å². The quantitative estimate of drug-likeness (QED) is 0.288. The molecule has 0 aliphatic heterocycles. The van der Waals surface area contributed by atoms with Crippen molar-refractivity contribution >= 4 is 23.5 Å². The van der Waals surface area contributed by atoms with Crippen LogP contribution in [0.3, 0.4) is 0 Å². The van der Waals surface area contributed by atoms with Crippen molar-refractivity contribution in [2.24, 2.45) is 0 Å². The summed E-state index contributed by atoms with van der Waals surface area (Å²) in [4.78, 5) is 12.2. The summed E-state index contributed by atoms with van der Waals surface area (Å²) >= 11 is 3.24. The van der Waals surface area contributed by atoms with E-state index in [-0.39, 0.29) is 16.8 Å². The van der Waals surface area contributed by atoms with E-state index in [2.05, 4.69) is 10.2 Å². The van der Waals surface area contributed by atoms with E-state index in [9.17, 15) is 10.1 Å². The molecule has 1 aromatic rings. The summed E-state index contributed by atoms with van der Waals surface area (Å²) in [5.41, 5.74) is 0. The van der Waals surface area contributed by atoms with E-state index in [1.54, 1.807) is 11.8 Å². The molecule has 0 saturated carbocycles. The lowest BCUT2D eigenvalue weighted by Gasteiger charge is -2.11. The number of furan rings is 1. The van der Waals surface area contributed by atoms with Crippen LogP contribution in [-0.2, 0) is 12.3 Å². The third-order valence-corrected chi connectivity index (χ3v) is 4.52. The van der Waals surface area contributed by atoms with Crippen LogP contribution < -0.4 is 5.32 Å². The highest BCUT2D eigenvalue weighted by Gasteiger charge is 2.12. The molecule has 0 aromatic carbocycles. The Kier molecular flexibility index (Phi) is 8.82. The van der Waals surface area contributed by atoms with Crippen LogP contribution in [0.25, 0.3) is 0 Å². The molecule has 0 radical (unpaired) electrons. The summed E-state index contributed by atoms with van der Waals surface area (Å²) in [7, 11) is 4.02. The number of nitro groups is 1. The largest absolute Gasteiger partial charge is 0.464 e. The zero-order valence-electron chi connectivity index (χ0n) is 12.7. The lowest BCUT2D eigenvalue weighted by molar-refractivity contribution is -0.479. The molecule has 21 heavy (non-hydrogen) atoms. The Morgan fingerprint density at radius 1 is 1.43 bits per heavy atom. The normalized spacial score (nSPS) is 12.8. The second-order valence-electron chi connectivity index (χ2n) is 4.85. The van der Waals surface area contributed by atoms with E-state index < -0.39 is 0 Å². The molecule has 1 unspecified atom stereocenters. The Hall–Kier alpha value is -0.700. The molecule has 6 nitrogen and oxygen atoms in total. The van der Waals surface area contributed by atoms with E-state index in [1.807, 2.05) is 32.5 Å². The lowest BCUT2D eigenvalue weighted by Crippen LogP contribution is -2.34. The van der Waals surface area contributed by atoms with Gasteiger partial charge in [-0.25, -0.2) is 0 Å². The third-order valence-electron chi connectivity index (χ3n) is 2.65. The summed E-state index contributed by atoms with van der Waals surface area (Å²) in [5, 5.41) is 13.5. The average Bonchev–Trinajstić information content (AvgIpc) is 2.83. The number of hydrogen-bond acceptors (Lipinski definition) is 7. The summed E-state index contributed by atoms with van der Waals surface area (Å²) in [5.74, 6) is 3.68. The monoisotopic (exact) mass is 333 g/mol. The van der Waals surface area contributed by atoms with Crippen LogP contribution >= 0.6 is 23.5 Å². The predicted molar refractivity (Wildman–Crippen MR) is 89.4 cm³/mol. The first-order chi connectivity index (χ1) is 10.0. The van der Waals surface area contributed by atoms with Crippen LogP contribution in [0.1, 0.15) is 11.5 Å². The molecule has 0 amide bonds. The second-order valence-corrected chi connectivity index (χ2v) is 7.00. The van der Waals surface area contributed by atoms with Gasteiger partial charge in [-0.3, -0.25) is 15.4 Å². The fraction of sp³-hybridized carbons (Fsp3) is 0.692. The molecule has 1 aromatic heterocycles. The standard InChI is InChI=1S/C13H23N3O3S2/c1-15(2)8-11-4-5-12(19-11)10-21-7-6-14-13(20-3)9-16(17)18/h4-5,13-14H,6-10H2,1-3H3. The van der Waals surface area contributed by atoms with Gasteiger partial charge in [0.05, 0.1) is 12.3 Å². The molecule has 1 N–H and O–H groups in total. The highest BCUT2D eigenvalue weighted by atomic mass is 32.2. The van der Waals surface area contributed by atoms with Crippen molar-refractivity contribution in [2.75, 3.05) is 39.2 Å². The van der Waals surface area contributed by atoms with E-state index in [4.69, 9.17) is 4.42 Å². The summed E-state index contributed by atoms with van der Waals surface area (Å²) in [6.07, 6.45) is 1.88. The molecule has 1 heterocycles. The van der Waals surface area contributed by atoms with Crippen LogP contribution in [0.4, 0.5) is 0 Å². The fourth-order valence-electron chi connectivity index (χ4n) is 1.72. The summed E-state index contributed by atoms with van der Waals surface area (Å²) in [6.45, 7) is 1.52. The molecule has 8 heteroatoms. The van der Waals surface area contributed by atoms with Gasteiger partial charge in [0.1, 0.15) is 16.9 Å². The van der Waals surface area contributed by atoms with Crippen molar-refractivity contribution in [1.29, 1.82) is 0 Å². The van der Waals surface area contributed by atoms with Crippen LogP contribution in [0.5, 0.6) is 0 Å². The topological polar surface area (TPSA) is 71.6 Å². The Labute approximate surface area is 134 Å². The number of rotatable bonds is 11. The number of hydrogen-bond donors (Lipinski definition) is 1.